The standard InChI is InChI=1S/C47H47F2NO5/c1-31-9-8-23-46(2)41(39-20-15-33(25-37(51)18-14-31)26-40(39)44(52)36-17-21-42(48)43(49)28-36)22-24-47(46,54)30-50(29-32-10-4-3-5-11-32)45(53)55-38-19-16-34-12-6-7-13-35(34)27-38/h3-7,9-13,15-17,19-21,26-28,37,41,51,54H,8,14,18,22-25,29-30H2,1-2H3. The molecule has 0 radical (unpaired) electrons. The van der Waals surface area contributed by atoms with Crippen LogP contribution in [0, 0.1) is 17.0 Å². The van der Waals surface area contributed by atoms with Gasteiger partial charge in [0.05, 0.1) is 18.2 Å². The van der Waals surface area contributed by atoms with Crippen LogP contribution >= 0.6 is 0 Å². The van der Waals surface area contributed by atoms with Crippen LogP contribution in [0.3, 0.4) is 0 Å². The molecule has 0 saturated heterocycles. The van der Waals surface area contributed by atoms with Gasteiger partial charge < -0.3 is 19.8 Å². The predicted molar refractivity (Wildman–Crippen MR) is 210 cm³/mol. The average molecular weight is 744 g/mol. The van der Waals surface area contributed by atoms with Crippen molar-refractivity contribution in [1.82, 2.24) is 4.90 Å². The molecular formula is C47H47F2NO5. The van der Waals surface area contributed by atoms with Crippen LogP contribution < -0.4 is 4.74 Å². The van der Waals surface area contributed by atoms with E-state index in [0.717, 1.165) is 39.6 Å². The summed E-state index contributed by atoms with van der Waals surface area (Å²) in [7, 11) is 0. The average Bonchev–Trinajstić information content (AvgIpc) is 3.43. The third kappa shape index (κ3) is 8.12. The van der Waals surface area contributed by atoms with Gasteiger partial charge in [-0.15, -0.1) is 0 Å². The molecule has 4 unspecified atom stereocenters. The van der Waals surface area contributed by atoms with E-state index in [9.17, 15) is 28.6 Å². The van der Waals surface area contributed by atoms with Gasteiger partial charge in [0, 0.05) is 23.1 Å². The minimum absolute atomic E-state index is 0.0120. The third-order valence-electron chi connectivity index (χ3n) is 12.0. The summed E-state index contributed by atoms with van der Waals surface area (Å²) >= 11 is 0. The van der Waals surface area contributed by atoms with Crippen LogP contribution in [0.4, 0.5) is 13.6 Å². The van der Waals surface area contributed by atoms with Crippen LogP contribution in [0.2, 0.25) is 0 Å². The van der Waals surface area contributed by atoms with Gasteiger partial charge in [0.25, 0.3) is 0 Å². The number of fused-ring (bicyclic) bond motifs is 9. The molecule has 0 aliphatic heterocycles. The Labute approximate surface area is 321 Å². The highest BCUT2D eigenvalue weighted by Crippen LogP contribution is 2.59. The number of hydrogen-bond acceptors (Lipinski definition) is 5. The zero-order chi connectivity index (χ0) is 38.7. The van der Waals surface area contributed by atoms with Gasteiger partial charge in [-0.05, 0) is 122 Å². The number of aliphatic hydroxyl groups is 2. The number of carbonyl (C=O) groups excluding carboxylic acids is 2. The van der Waals surface area contributed by atoms with E-state index in [1.54, 1.807) is 17.0 Å². The van der Waals surface area contributed by atoms with E-state index < -0.39 is 40.6 Å². The van der Waals surface area contributed by atoms with Crippen molar-refractivity contribution in [1.29, 1.82) is 0 Å². The van der Waals surface area contributed by atoms with Crippen LogP contribution in [-0.4, -0.2) is 45.2 Å². The van der Waals surface area contributed by atoms with Gasteiger partial charge in [0.1, 0.15) is 5.75 Å². The maximum Gasteiger partial charge on any atom is 0.415 e. The number of ether oxygens (including phenoxy) is 1. The SMILES string of the molecule is CC1=CCCC2(C)C(CCC2(O)CN(Cc2ccccc2)C(=O)Oc2ccc3ccccc3c2)c2ccc(cc2C(=O)c2ccc(F)c(F)c2)CC(O)CC1. The van der Waals surface area contributed by atoms with Crippen molar-refractivity contribution in [2.75, 3.05) is 6.54 Å². The Balaban J connectivity index is 1.28. The quantitative estimate of drug-likeness (QED) is 0.128. The smallest absolute Gasteiger partial charge is 0.410 e. The molecule has 4 atom stereocenters. The van der Waals surface area contributed by atoms with Gasteiger partial charge in [-0.25, -0.2) is 13.6 Å². The Bertz CT molecular complexity index is 2240. The lowest BCUT2D eigenvalue weighted by atomic mass is 9.64. The molecule has 8 rings (SSSR count). The molecule has 6 nitrogen and oxygen atoms in total. The molecule has 0 spiro atoms. The molecule has 1 saturated carbocycles. The normalized spacial score (nSPS) is 22.8. The lowest BCUT2D eigenvalue weighted by molar-refractivity contribution is -0.0802. The van der Waals surface area contributed by atoms with Crippen LogP contribution in [0.25, 0.3) is 10.8 Å². The summed E-state index contributed by atoms with van der Waals surface area (Å²) in [5.74, 6) is -2.56. The van der Waals surface area contributed by atoms with Crippen molar-refractivity contribution in [3.05, 3.63) is 160 Å². The van der Waals surface area contributed by atoms with Gasteiger partial charge in [0.15, 0.2) is 17.4 Å². The number of amides is 1. The monoisotopic (exact) mass is 743 g/mol. The summed E-state index contributed by atoms with van der Waals surface area (Å²) in [6, 6.07) is 31.7. The zero-order valence-electron chi connectivity index (χ0n) is 31.3. The molecular weight excluding hydrogens is 697 g/mol. The van der Waals surface area contributed by atoms with Crippen molar-refractivity contribution < 1.29 is 33.3 Å². The van der Waals surface area contributed by atoms with Crippen molar-refractivity contribution >= 4 is 22.6 Å². The van der Waals surface area contributed by atoms with Crippen LogP contribution in [0.15, 0.2) is 121 Å². The number of aliphatic hydroxyl groups excluding tert-OH is 1. The Morgan fingerprint density at radius 2 is 1.62 bits per heavy atom. The summed E-state index contributed by atoms with van der Waals surface area (Å²) in [4.78, 5) is 30.0. The molecule has 284 valence electrons. The molecule has 5 aromatic carbocycles. The molecule has 0 heterocycles. The second-order valence-corrected chi connectivity index (χ2v) is 15.6. The summed E-state index contributed by atoms with van der Waals surface area (Å²) in [6.07, 6.45) is 4.50. The number of benzene rings is 5. The second kappa shape index (κ2) is 15.9. The highest BCUT2D eigenvalue weighted by atomic mass is 19.2. The molecule has 1 fully saturated rings. The molecule has 8 heteroatoms. The molecule has 1 amide bonds. The van der Waals surface area contributed by atoms with Crippen molar-refractivity contribution in [3.63, 3.8) is 0 Å². The number of hydrogen-bond donors (Lipinski definition) is 2. The number of allylic oxidation sites excluding steroid dienone is 2. The number of halogens is 2. The van der Waals surface area contributed by atoms with Crippen molar-refractivity contribution in [3.8, 4) is 5.75 Å². The molecule has 0 aromatic heterocycles. The van der Waals surface area contributed by atoms with Crippen LogP contribution in [-0.2, 0) is 13.0 Å². The lowest BCUT2D eigenvalue weighted by Crippen LogP contribution is -2.54. The Kier molecular flexibility index (Phi) is 11.0. The maximum absolute atomic E-state index is 14.5. The minimum atomic E-state index is -1.41. The molecule has 3 aliphatic rings. The highest BCUT2D eigenvalue weighted by Gasteiger charge is 2.58. The van der Waals surface area contributed by atoms with Crippen LogP contribution in [0.5, 0.6) is 5.75 Å². The van der Waals surface area contributed by atoms with E-state index >= 15 is 0 Å². The molecule has 3 aliphatic carbocycles. The van der Waals surface area contributed by atoms with Crippen molar-refractivity contribution in [2.24, 2.45) is 5.41 Å². The fourth-order valence-corrected chi connectivity index (χ4v) is 8.69. The first kappa shape index (κ1) is 38.1. The van der Waals surface area contributed by atoms with Crippen molar-refractivity contribution in [2.45, 2.75) is 83.0 Å². The Morgan fingerprint density at radius 3 is 2.40 bits per heavy atom. The van der Waals surface area contributed by atoms with E-state index in [1.807, 2.05) is 85.8 Å². The fourth-order valence-electron chi connectivity index (χ4n) is 8.69. The number of carbonyl (C=O) groups is 2. The molecule has 2 N–H and O–H groups in total. The van der Waals surface area contributed by atoms with E-state index in [-0.39, 0.29) is 24.6 Å². The van der Waals surface area contributed by atoms with Gasteiger partial charge >= 0.3 is 6.09 Å². The maximum atomic E-state index is 14.5. The first-order valence-corrected chi connectivity index (χ1v) is 19.1. The molecule has 5 aromatic rings. The summed E-state index contributed by atoms with van der Waals surface area (Å²) in [5.41, 5.74) is 1.54. The summed E-state index contributed by atoms with van der Waals surface area (Å²) < 4.78 is 34.5. The van der Waals surface area contributed by atoms with E-state index in [1.165, 1.54) is 6.07 Å². The number of nitrogens with zero attached hydrogens (tertiary/aromatic N) is 1. The topological polar surface area (TPSA) is 87.1 Å². The summed E-state index contributed by atoms with van der Waals surface area (Å²) in [6.45, 7) is 4.27. The minimum Gasteiger partial charge on any atom is -0.410 e. The van der Waals surface area contributed by atoms with Gasteiger partial charge in [-0.3, -0.25) is 4.79 Å². The van der Waals surface area contributed by atoms with Gasteiger partial charge in [-0.2, -0.15) is 0 Å². The zero-order valence-corrected chi connectivity index (χ0v) is 31.3. The molecule has 2 bridgehead atoms. The first-order valence-electron chi connectivity index (χ1n) is 19.1. The first-order chi connectivity index (χ1) is 26.4. The highest BCUT2D eigenvalue weighted by molar-refractivity contribution is 6.10. The Hall–Kier alpha value is -5.18. The predicted octanol–water partition coefficient (Wildman–Crippen LogP) is 10.1. The number of rotatable bonds is 7. The van der Waals surface area contributed by atoms with Crippen LogP contribution in [0.1, 0.15) is 90.9 Å². The largest absolute Gasteiger partial charge is 0.415 e. The van der Waals surface area contributed by atoms with E-state index in [4.69, 9.17) is 4.74 Å². The second-order valence-electron chi connectivity index (χ2n) is 15.6. The lowest BCUT2D eigenvalue weighted by Gasteiger charge is -2.46. The number of ketones is 1. The Morgan fingerprint density at radius 1 is 0.855 bits per heavy atom. The van der Waals surface area contributed by atoms with E-state index in [2.05, 4.69) is 13.0 Å². The van der Waals surface area contributed by atoms with Gasteiger partial charge in [0.2, 0.25) is 0 Å². The van der Waals surface area contributed by atoms with Gasteiger partial charge in [-0.1, -0.05) is 91.4 Å². The fraction of sp³-hybridized carbons (Fsp3) is 0.319. The summed E-state index contributed by atoms with van der Waals surface area (Å²) in [5, 5.41) is 25.9. The third-order valence-corrected chi connectivity index (χ3v) is 12.0. The molecule has 55 heavy (non-hydrogen) atoms. The van der Waals surface area contributed by atoms with E-state index in [0.29, 0.717) is 61.8 Å².